The maximum absolute atomic E-state index is 10.7. The van der Waals surface area contributed by atoms with Crippen molar-refractivity contribution in [3.8, 4) is 0 Å². The molecule has 1 aliphatic rings. The van der Waals surface area contributed by atoms with Crippen molar-refractivity contribution in [2.24, 2.45) is 5.92 Å². The van der Waals surface area contributed by atoms with E-state index in [1.54, 1.807) is 12.4 Å². The van der Waals surface area contributed by atoms with E-state index in [9.17, 15) is 4.79 Å². The third-order valence-corrected chi connectivity index (χ3v) is 3.06. The van der Waals surface area contributed by atoms with Crippen LogP contribution < -0.4 is 0 Å². The topological polar surface area (TPSA) is 55.1 Å². The maximum atomic E-state index is 10.7. The van der Waals surface area contributed by atoms with E-state index in [4.69, 9.17) is 16.7 Å². The van der Waals surface area contributed by atoms with Crippen LogP contribution in [0.5, 0.6) is 0 Å². The van der Waals surface area contributed by atoms with Crippen molar-refractivity contribution >= 4 is 17.6 Å². The van der Waals surface area contributed by atoms with Crippen molar-refractivity contribution in [3.05, 3.63) is 17.7 Å². The molecular formula is C9H11ClN2O2. The van der Waals surface area contributed by atoms with Crippen LogP contribution in [-0.2, 0) is 4.79 Å². The second kappa shape index (κ2) is 3.61. The molecule has 5 heteroatoms. The number of imidazole rings is 1. The van der Waals surface area contributed by atoms with Gasteiger partial charge in [-0.05, 0) is 30.9 Å². The largest absolute Gasteiger partial charge is 0.481 e. The molecule has 2 unspecified atom stereocenters. The number of carboxylic acids is 1. The number of halogens is 1. The molecule has 0 aromatic carbocycles. The van der Waals surface area contributed by atoms with Crippen LogP contribution in [-0.4, -0.2) is 20.6 Å². The molecule has 0 saturated heterocycles. The second-order valence-corrected chi connectivity index (χ2v) is 3.94. The molecule has 4 nitrogen and oxygen atoms in total. The van der Waals surface area contributed by atoms with Gasteiger partial charge in [-0.2, -0.15) is 0 Å². The van der Waals surface area contributed by atoms with E-state index in [-0.39, 0.29) is 12.0 Å². The highest BCUT2D eigenvalue weighted by Gasteiger charge is 2.31. The monoisotopic (exact) mass is 214 g/mol. The summed E-state index contributed by atoms with van der Waals surface area (Å²) in [6, 6.07) is 0.200. The minimum absolute atomic E-state index is 0.200. The van der Waals surface area contributed by atoms with Crippen LogP contribution in [0.15, 0.2) is 12.4 Å². The molecule has 1 fully saturated rings. The van der Waals surface area contributed by atoms with Crippen molar-refractivity contribution in [1.82, 2.24) is 9.55 Å². The highest BCUT2D eigenvalue weighted by Crippen LogP contribution is 2.35. The Labute approximate surface area is 86.5 Å². The summed E-state index contributed by atoms with van der Waals surface area (Å²) in [6.07, 6.45) is 5.70. The third kappa shape index (κ3) is 1.62. The van der Waals surface area contributed by atoms with E-state index in [2.05, 4.69) is 4.98 Å². The first-order chi connectivity index (χ1) is 6.68. The highest BCUT2D eigenvalue weighted by molar-refractivity contribution is 6.28. The van der Waals surface area contributed by atoms with E-state index in [1.807, 2.05) is 4.57 Å². The van der Waals surface area contributed by atoms with Crippen molar-refractivity contribution in [3.63, 3.8) is 0 Å². The lowest BCUT2D eigenvalue weighted by atomic mass is 10.1. The normalized spacial score (nSPS) is 26.6. The summed E-state index contributed by atoms with van der Waals surface area (Å²) in [7, 11) is 0. The third-order valence-electron chi connectivity index (χ3n) is 2.77. The number of nitrogens with zero attached hydrogens (tertiary/aromatic N) is 2. The zero-order valence-corrected chi connectivity index (χ0v) is 8.31. The number of aromatic nitrogens is 2. The van der Waals surface area contributed by atoms with Gasteiger partial charge in [0.1, 0.15) is 0 Å². The smallest absolute Gasteiger partial charge is 0.306 e. The number of carboxylic acid groups (broad SMARTS) is 1. The molecule has 2 atom stereocenters. The number of carbonyl (C=O) groups is 1. The predicted molar refractivity (Wildman–Crippen MR) is 51.3 cm³/mol. The van der Waals surface area contributed by atoms with Gasteiger partial charge in [-0.1, -0.05) is 0 Å². The van der Waals surface area contributed by atoms with Gasteiger partial charge in [-0.15, -0.1) is 0 Å². The quantitative estimate of drug-likeness (QED) is 0.819. The maximum Gasteiger partial charge on any atom is 0.306 e. The van der Waals surface area contributed by atoms with Crippen LogP contribution in [0.4, 0.5) is 0 Å². The Morgan fingerprint density at radius 3 is 2.93 bits per heavy atom. The Morgan fingerprint density at radius 1 is 1.64 bits per heavy atom. The average molecular weight is 215 g/mol. The first-order valence-electron chi connectivity index (χ1n) is 4.59. The van der Waals surface area contributed by atoms with Crippen LogP contribution in [0.2, 0.25) is 5.28 Å². The average Bonchev–Trinajstić information content (AvgIpc) is 2.71. The van der Waals surface area contributed by atoms with Crippen molar-refractivity contribution in [2.75, 3.05) is 0 Å². The summed E-state index contributed by atoms with van der Waals surface area (Å²) >= 11 is 5.85. The Bertz CT molecular complexity index is 350. The summed E-state index contributed by atoms with van der Waals surface area (Å²) in [5.74, 6) is -0.929. The molecule has 1 heterocycles. The van der Waals surface area contributed by atoms with Gasteiger partial charge >= 0.3 is 5.97 Å². The molecule has 0 spiro atoms. The first-order valence-corrected chi connectivity index (χ1v) is 4.97. The number of rotatable bonds is 2. The van der Waals surface area contributed by atoms with E-state index in [0.717, 1.165) is 12.8 Å². The van der Waals surface area contributed by atoms with E-state index < -0.39 is 5.97 Å². The lowest BCUT2D eigenvalue weighted by Crippen LogP contribution is -2.11. The van der Waals surface area contributed by atoms with E-state index in [0.29, 0.717) is 11.7 Å². The van der Waals surface area contributed by atoms with Crippen molar-refractivity contribution in [2.45, 2.75) is 25.3 Å². The molecule has 1 aromatic rings. The summed E-state index contributed by atoms with van der Waals surface area (Å²) in [5.41, 5.74) is 0. The molecule has 0 aliphatic heterocycles. The molecule has 1 N–H and O–H groups in total. The van der Waals surface area contributed by atoms with Crippen LogP contribution >= 0.6 is 11.6 Å². The van der Waals surface area contributed by atoms with Crippen molar-refractivity contribution < 1.29 is 9.90 Å². The van der Waals surface area contributed by atoms with Gasteiger partial charge in [0.05, 0.1) is 5.92 Å². The van der Waals surface area contributed by atoms with Gasteiger partial charge in [0, 0.05) is 18.4 Å². The fourth-order valence-corrected chi connectivity index (χ4v) is 2.25. The molecular weight excluding hydrogens is 204 g/mol. The Kier molecular flexibility index (Phi) is 2.46. The molecule has 1 aliphatic carbocycles. The predicted octanol–water partition coefficient (Wildman–Crippen LogP) is 1.96. The summed E-state index contributed by atoms with van der Waals surface area (Å²) in [6.45, 7) is 0. The molecule has 0 amide bonds. The number of hydrogen-bond donors (Lipinski definition) is 1. The van der Waals surface area contributed by atoms with Crippen LogP contribution in [0.3, 0.4) is 0 Å². The number of hydrogen-bond acceptors (Lipinski definition) is 2. The summed E-state index contributed by atoms with van der Waals surface area (Å²) in [5, 5.41) is 9.29. The van der Waals surface area contributed by atoms with Crippen LogP contribution in [0, 0.1) is 5.92 Å². The van der Waals surface area contributed by atoms with E-state index in [1.165, 1.54) is 0 Å². The molecule has 14 heavy (non-hydrogen) atoms. The molecule has 1 aromatic heterocycles. The first kappa shape index (κ1) is 9.52. The Morgan fingerprint density at radius 2 is 2.43 bits per heavy atom. The molecule has 2 rings (SSSR count). The molecule has 1 saturated carbocycles. The standard InChI is InChI=1S/C9H11ClN2O2/c10-9-11-3-4-12(9)7-2-1-6(5-7)8(13)14/h3-4,6-7H,1-2,5H2,(H,13,14). The minimum Gasteiger partial charge on any atom is -0.481 e. The van der Waals surface area contributed by atoms with Gasteiger partial charge < -0.3 is 9.67 Å². The number of aliphatic carboxylic acids is 1. The van der Waals surface area contributed by atoms with Crippen LogP contribution in [0.1, 0.15) is 25.3 Å². The Hall–Kier alpha value is -1.03. The van der Waals surface area contributed by atoms with Gasteiger partial charge in [0.15, 0.2) is 0 Å². The minimum atomic E-state index is -0.705. The summed E-state index contributed by atoms with van der Waals surface area (Å²) < 4.78 is 1.85. The highest BCUT2D eigenvalue weighted by atomic mass is 35.5. The Balaban J connectivity index is 2.10. The fraction of sp³-hybridized carbons (Fsp3) is 0.556. The zero-order chi connectivity index (χ0) is 10.1. The van der Waals surface area contributed by atoms with Gasteiger partial charge in [0.2, 0.25) is 5.28 Å². The van der Waals surface area contributed by atoms with Crippen molar-refractivity contribution in [1.29, 1.82) is 0 Å². The lowest BCUT2D eigenvalue weighted by molar-refractivity contribution is -0.141. The molecule has 76 valence electrons. The fourth-order valence-electron chi connectivity index (χ4n) is 2.00. The zero-order valence-electron chi connectivity index (χ0n) is 7.56. The lowest BCUT2D eigenvalue weighted by Gasteiger charge is -2.11. The van der Waals surface area contributed by atoms with Gasteiger partial charge in [-0.3, -0.25) is 4.79 Å². The SMILES string of the molecule is O=C(O)C1CCC(n2ccnc2Cl)C1. The van der Waals surface area contributed by atoms with Gasteiger partial charge in [0.25, 0.3) is 0 Å². The molecule has 0 bridgehead atoms. The van der Waals surface area contributed by atoms with E-state index >= 15 is 0 Å². The van der Waals surface area contributed by atoms with Crippen LogP contribution in [0.25, 0.3) is 0 Å². The summed E-state index contributed by atoms with van der Waals surface area (Å²) in [4.78, 5) is 14.7. The molecule has 0 radical (unpaired) electrons. The van der Waals surface area contributed by atoms with Gasteiger partial charge in [-0.25, -0.2) is 4.98 Å². The second-order valence-electron chi connectivity index (χ2n) is 3.61.